The molecule has 1 saturated heterocycles. The second-order valence-electron chi connectivity index (χ2n) is 12.2. The molecule has 0 radical (unpaired) electrons. The van der Waals surface area contributed by atoms with Crippen molar-refractivity contribution in [2.45, 2.75) is 32.3 Å². The normalized spacial score (nSPS) is 15.1. The summed E-state index contributed by atoms with van der Waals surface area (Å²) in [5.41, 5.74) is 0.691. The van der Waals surface area contributed by atoms with Gasteiger partial charge in [-0.1, -0.05) is 12.1 Å². The monoisotopic (exact) mass is 710 g/mol. The summed E-state index contributed by atoms with van der Waals surface area (Å²) in [6, 6.07) is 19.2. The Morgan fingerprint density at radius 3 is 2.50 bits per heavy atom. The Hall–Kier alpha value is -6.19. The summed E-state index contributed by atoms with van der Waals surface area (Å²) in [4.78, 5) is 30.7. The number of halogens is 2. The van der Waals surface area contributed by atoms with Crippen LogP contribution in [0.25, 0.3) is 16.7 Å². The summed E-state index contributed by atoms with van der Waals surface area (Å²) in [5.74, 6) is -1.85. The van der Waals surface area contributed by atoms with Crippen LogP contribution in [0.1, 0.15) is 29.8 Å². The molecule has 3 aromatic carbocycles. The van der Waals surface area contributed by atoms with Crippen LogP contribution >= 0.6 is 0 Å². The highest BCUT2D eigenvalue weighted by atomic mass is 19.1. The lowest BCUT2D eigenvalue weighted by Crippen LogP contribution is -2.29. The van der Waals surface area contributed by atoms with Gasteiger partial charge < -0.3 is 29.0 Å². The van der Waals surface area contributed by atoms with E-state index in [1.54, 1.807) is 17.9 Å². The third kappa shape index (κ3) is 7.31. The third-order valence-electron chi connectivity index (χ3n) is 8.10. The third-order valence-corrected chi connectivity index (χ3v) is 8.10. The summed E-state index contributed by atoms with van der Waals surface area (Å²) in [5, 5.41) is 11.6. The van der Waals surface area contributed by atoms with E-state index in [1.807, 2.05) is 38.1 Å². The van der Waals surface area contributed by atoms with E-state index in [9.17, 15) is 14.0 Å². The Morgan fingerprint density at radius 1 is 1.00 bits per heavy atom. The van der Waals surface area contributed by atoms with Crippen LogP contribution in [-0.2, 0) is 16.0 Å². The molecular formula is C37H32F2N6O7. The molecule has 266 valence electrons. The van der Waals surface area contributed by atoms with E-state index >= 15 is 4.39 Å². The summed E-state index contributed by atoms with van der Waals surface area (Å²) in [6.07, 6.45) is 2.43. The number of benzene rings is 3. The van der Waals surface area contributed by atoms with Crippen LogP contribution in [0.3, 0.4) is 0 Å². The van der Waals surface area contributed by atoms with Crippen molar-refractivity contribution in [2.75, 3.05) is 25.6 Å². The second kappa shape index (κ2) is 14.2. The van der Waals surface area contributed by atoms with Gasteiger partial charge in [-0.25, -0.2) is 18.4 Å². The Morgan fingerprint density at radius 2 is 1.79 bits per heavy atom. The topological polar surface area (TPSA) is 141 Å². The van der Waals surface area contributed by atoms with Gasteiger partial charge in [0.05, 0.1) is 25.9 Å². The average Bonchev–Trinajstić information content (AvgIpc) is 3.67. The molecule has 6 aromatic rings. The molecule has 4 heterocycles. The first kappa shape index (κ1) is 34.3. The van der Waals surface area contributed by atoms with E-state index in [1.165, 1.54) is 54.9 Å². The van der Waals surface area contributed by atoms with E-state index in [2.05, 4.69) is 15.4 Å². The molecule has 1 fully saturated rings. The van der Waals surface area contributed by atoms with Crippen LogP contribution in [0.4, 0.5) is 14.5 Å². The summed E-state index contributed by atoms with van der Waals surface area (Å²) in [7, 11) is 1.59. The largest absolute Gasteiger partial charge is 0.497 e. The number of nitrogens with one attached hydrogen (secondary N) is 1. The molecule has 1 aliphatic rings. The number of aromatic nitrogens is 5. The number of methoxy groups -OCH3 is 1. The predicted molar refractivity (Wildman–Crippen MR) is 184 cm³/mol. The average molecular weight is 711 g/mol. The standard InChI is InChI=1S/C37H32F2N6O7/c1-37(2)50-21-27(52-37)20-49-35-32-31(15-16-40-33(32)44(43-35)19-22-4-11-26(48-3)12-5-22)51-30-13-8-24(18-29(30)39)42-34(46)28-14-17-41-45(36(28)47)25-9-6-23(38)7-10-25/h4-18,27H,19-21H2,1-3H3,(H,42,46). The van der Waals surface area contributed by atoms with E-state index in [0.717, 1.165) is 16.3 Å². The number of amides is 1. The van der Waals surface area contributed by atoms with E-state index in [-0.39, 0.29) is 47.0 Å². The summed E-state index contributed by atoms with van der Waals surface area (Å²) >= 11 is 0. The highest BCUT2D eigenvalue weighted by molar-refractivity contribution is 6.04. The van der Waals surface area contributed by atoms with Gasteiger partial charge in [0, 0.05) is 30.2 Å². The van der Waals surface area contributed by atoms with Gasteiger partial charge >= 0.3 is 0 Å². The van der Waals surface area contributed by atoms with Crippen molar-refractivity contribution in [1.29, 1.82) is 0 Å². The SMILES string of the molecule is COc1ccc(Cn2nc(OCC3COC(C)(C)O3)c3c(Oc4ccc(NC(=O)c5ccnn(-c6ccc(F)cc6)c5=O)cc4F)ccnc32)cc1. The van der Waals surface area contributed by atoms with E-state index in [4.69, 9.17) is 28.8 Å². The molecule has 0 saturated carbocycles. The number of pyridine rings is 1. The van der Waals surface area contributed by atoms with E-state index < -0.39 is 28.9 Å². The van der Waals surface area contributed by atoms with E-state index in [0.29, 0.717) is 29.9 Å². The number of fused-ring (bicyclic) bond motifs is 1. The van der Waals surface area contributed by atoms with Crippen LogP contribution in [-0.4, -0.2) is 62.7 Å². The number of carbonyl (C=O) groups excluding carboxylic acids is 1. The molecule has 1 amide bonds. The number of hydrogen-bond donors (Lipinski definition) is 1. The van der Waals surface area contributed by atoms with Gasteiger partial charge in [0.15, 0.2) is 23.0 Å². The molecule has 1 N–H and O–H groups in total. The number of hydrogen-bond acceptors (Lipinski definition) is 10. The van der Waals surface area contributed by atoms with Crippen LogP contribution in [0.15, 0.2) is 96.1 Å². The molecule has 0 bridgehead atoms. The zero-order chi connectivity index (χ0) is 36.4. The number of carbonyl (C=O) groups is 1. The molecule has 1 aliphatic heterocycles. The zero-order valence-electron chi connectivity index (χ0n) is 28.2. The van der Waals surface area contributed by atoms with Gasteiger partial charge in [0.25, 0.3) is 11.5 Å². The first-order valence-electron chi connectivity index (χ1n) is 16.1. The molecule has 3 aromatic heterocycles. The van der Waals surface area contributed by atoms with Gasteiger partial charge in [-0.2, -0.15) is 9.78 Å². The summed E-state index contributed by atoms with van der Waals surface area (Å²) in [6.45, 7) is 4.43. The van der Waals surface area contributed by atoms with Crippen molar-refractivity contribution < 1.29 is 37.3 Å². The van der Waals surface area contributed by atoms with Crippen LogP contribution < -0.4 is 25.1 Å². The fourth-order valence-electron chi connectivity index (χ4n) is 5.58. The van der Waals surface area contributed by atoms with Crippen molar-refractivity contribution in [3.8, 4) is 28.8 Å². The maximum absolute atomic E-state index is 15.6. The van der Waals surface area contributed by atoms with Crippen molar-refractivity contribution in [2.24, 2.45) is 0 Å². The predicted octanol–water partition coefficient (Wildman–Crippen LogP) is 5.89. The fraction of sp³-hybridized carbons (Fsp3) is 0.216. The van der Waals surface area contributed by atoms with Crippen molar-refractivity contribution in [3.05, 3.63) is 124 Å². The van der Waals surface area contributed by atoms with Crippen LogP contribution in [0, 0.1) is 11.6 Å². The minimum absolute atomic E-state index is 0.0670. The zero-order valence-corrected chi connectivity index (χ0v) is 28.2. The minimum Gasteiger partial charge on any atom is -0.497 e. The number of ether oxygens (including phenoxy) is 5. The highest BCUT2D eigenvalue weighted by Crippen LogP contribution is 2.37. The molecule has 1 unspecified atom stereocenters. The molecule has 52 heavy (non-hydrogen) atoms. The first-order valence-corrected chi connectivity index (χ1v) is 16.1. The Labute approximate surface area is 295 Å². The van der Waals surface area contributed by atoms with Gasteiger partial charge in [-0.15, -0.1) is 5.10 Å². The van der Waals surface area contributed by atoms with Crippen LogP contribution in [0.5, 0.6) is 23.1 Å². The maximum atomic E-state index is 15.6. The molecule has 1 atom stereocenters. The van der Waals surface area contributed by atoms with Crippen molar-refractivity contribution in [3.63, 3.8) is 0 Å². The Balaban J connectivity index is 1.14. The molecular weight excluding hydrogens is 678 g/mol. The van der Waals surface area contributed by atoms with Crippen molar-refractivity contribution >= 4 is 22.6 Å². The van der Waals surface area contributed by atoms with Gasteiger partial charge in [0.1, 0.15) is 41.0 Å². The van der Waals surface area contributed by atoms with Crippen molar-refractivity contribution in [1.82, 2.24) is 24.5 Å². The maximum Gasteiger partial charge on any atom is 0.284 e. The number of nitrogens with zero attached hydrogens (tertiary/aromatic N) is 5. The van der Waals surface area contributed by atoms with Crippen LogP contribution in [0.2, 0.25) is 0 Å². The Bertz CT molecular complexity index is 2310. The number of rotatable bonds is 11. The molecule has 7 rings (SSSR count). The first-order chi connectivity index (χ1) is 25.1. The Kier molecular flexibility index (Phi) is 9.36. The lowest BCUT2D eigenvalue weighted by atomic mass is 10.2. The lowest BCUT2D eigenvalue weighted by Gasteiger charge is -2.17. The summed E-state index contributed by atoms with van der Waals surface area (Å²) < 4.78 is 60.7. The molecule has 0 aliphatic carbocycles. The van der Waals surface area contributed by atoms with Gasteiger partial charge in [-0.05, 0) is 74.0 Å². The molecule has 13 nitrogen and oxygen atoms in total. The number of anilines is 1. The highest BCUT2D eigenvalue weighted by Gasteiger charge is 2.33. The quantitative estimate of drug-likeness (QED) is 0.173. The smallest absolute Gasteiger partial charge is 0.284 e. The molecule has 0 spiro atoms. The second-order valence-corrected chi connectivity index (χ2v) is 12.2. The molecule has 15 heteroatoms. The lowest BCUT2D eigenvalue weighted by molar-refractivity contribution is -0.141. The van der Waals surface area contributed by atoms with Gasteiger partial charge in [-0.3, -0.25) is 9.59 Å². The minimum atomic E-state index is -0.798. The fourth-order valence-corrected chi connectivity index (χ4v) is 5.58. The van der Waals surface area contributed by atoms with Gasteiger partial charge in [0.2, 0.25) is 5.88 Å².